The average Bonchev–Trinajstić information content (AvgIpc) is 2.42. The van der Waals surface area contributed by atoms with E-state index in [1.807, 2.05) is 0 Å². The number of nitro groups is 1. The maximum Gasteiger partial charge on any atom is 0.336 e. The molecule has 0 fully saturated rings. The summed E-state index contributed by atoms with van der Waals surface area (Å²) in [6.45, 7) is 0. The van der Waals surface area contributed by atoms with E-state index in [0.717, 1.165) is 11.8 Å². The number of hydrogen-bond acceptors (Lipinski definition) is 5. The minimum atomic E-state index is -1.09. The molecule has 0 aliphatic rings. The first-order valence-corrected chi connectivity index (χ1v) is 7.38. The van der Waals surface area contributed by atoms with Crippen molar-refractivity contribution in [2.75, 3.05) is 0 Å². The maximum atomic E-state index is 11.1. The SMILES string of the molecule is O=C(O)c1cc(Sc2ncc(Cl)cc2[N+](=O)[O-])ccc1Br. The summed E-state index contributed by atoms with van der Waals surface area (Å²) in [5.41, 5.74) is -0.163. The van der Waals surface area contributed by atoms with E-state index >= 15 is 0 Å². The maximum absolute atomic E-state index is 11.1. The molecule has 1 N–H and O–H groups in total. The Morgan fingerprint density at radius 3 is 2.76 bits per heavy atom. The van der Waals surface area contributed by atoms with Crippen LogP contribution in [0.1, 0.15) is 10.4 Å². The Hall–Kier alpha value is -1.64. The number of rotatable bonds is 4. The average molecular weight is 390 g/mol. The van der Waals surface area contributed by atoms with Crippen molar-refractivity contribution in [2.24, 2.45) is 0 Å². The summed E-state index contributed by atoms with van der Waals surface area (Å²) in [6.07, 6.45) is 1.30. The Morgan fingerprint density at radius 2 is 2.14 bits per heavy atom. The summed E-state index contributed by atoms with van der Waals surface area (Å²) in [5.74, 6) is -1.09. The first-order chi connectivity index (χ1) is 9.88. The minimum absolute atomic E-state index is 0.0663. The van der Waals surface area contributed by atoms with Crippen LogP contribution in [0.4, 0.5) is 5.69 Å². The molecule has 21 heavy (non-hydrogen) atoms. The second kappa shape index (κ2) is 6.42. The summed E-state index contributed by atoms with van der Waals surface area (Å²) in [4.78, 5) is 25.9. The van der Waals surface area contributed by atoms with Gasteiger partial charge >= 0.3 is 11.7 Å². The van der Waals surface area contributed by atoms with Gasteiger partial charge in [-0.2, -0.15) is 0 Å². The van der Waals surface area contributed by atoms with E-state index < -0.39 is 10.9 Å². The number of aromatic nitrogens is 1. The first kappa shape index (κ1) is 15.7. The molecule has 0 aliphatic heterocycles. The predicted molar refractivity (Wildman–Crippen MR) is 81.1 cm³/mol. The second-order valence-corrected chi connectivity index (χ2v) is 6.14. The van der Waals surface area contributed by atoms with E-state index in [1.54, 1.807) is 12.1 Å². The highest BCUT2D eigenvalue weighted by molar-refractivity contribution is 9.10. The molecular weight excluding hydrogens is 384 g/mol. The predicted octanol–water partition coefficient (Wildman–Crippen LogP) is 4.26. The van der Waals surface area contributed by atoms with Crippen LogP contribution in [0.25, 0.3) is 0 Å². The Bertz CT molecular complexity index is 741. The Balaban J connectivity index is 2.41. The lowest BCUT2D eigenvalue weighted by Crippen LogP contribution is -1.98. The fourth-order valence-corrected chi connectivity index (χ4v) is 2.92. The summed E-state index contributed by atoms with van der Waals surface area (Å²) in [7, 11) is 0. The molecule has 1 heterocycles. The van der Waals surface area contributed by atoms with Crippen LogP contribution in [0.2, 0.25) is 5.02 Å². The van der Waals surface area contributed by atoms with E-state index in [2.05, 4.69) is 20.9 Å². The van der Waals surface area contributed by atoms with E-state index in [-0.39, 0.29) is 21.3 Å². The van der Waals surface area contributed by atoms with Gasteiger partial charge in [-0.3, -0.25) is 10.1 Å². The quantitative estimate of drug-likeness (QED) is 0.620. The van der Waals surface area contributed by atoms with Crippen LogP contribution >= 0.6 is 39.3 Å². The fourth-order valence-electron chi connectivity index (χ4n) is 1.47. The van der Waals surface area contributed by atoms with E-state index in [9.17, 15) is 14.9 Å². The molecule has 2 rings (SSSR count). The summed E-state index contributed by atoms with van der Waals surface area (Å²) < 4.78 is 0.429. The molecule has 0 unspecified atom stereocenters. The number of pyridine rings is 1. The fraction of sp³-hybridized carbons (Fsp3) is 0. The number of aromatic carboxylic acids is 1. The van der Waals surface area contributed by atoms with Gasteiger partial charge in [0.2, 0.25) is 0 Å². The van der Waals surface area contributed by atoms with Crippen LogP contribution in [-0.4, -0.2) is 21.0 Å². The molecule has 1 aromatic carbocycles. The van der Waals surface area contributed by atoms with Gasteiger partial charge in [0.15, 0.2) is 5.03 Å². The van der Waals surface area contributed by atoms with Gasteiger partial charge in [-0.25, -0.2) is 9.78 Å². The van der Waals surface area contributed by atoms with E-state index in [0.29, 0.717) is 9.37 Å². The van der Waals surface area contributed by atoms with Crippen molar-refractivity contribution >= 4 is 50.9 Å². The molecule has 1 aromatic heterocycles. The number of nitrogens with zero attached hydrogens (tertiary/aromatic N) is 2. The van der Waals surface area contributed by atoms with Crippen LogP contribution in [0.5, 0.6) is 0 Å². The van der Waals surface area contributed by atoms with Crippen molar-refractivity contribution in [1.82, 2.24) is 4.98 Å². The van der Waals surface area contributed by atoms with Gasteiger partial charge in [0.1, 0.15) is 0 Å². The smallest absolute Gasteiger partial charge is 0.336 e. The van der Waals surface area contributed by atoms with Gasteiger partial charge in [-0.15, -0.1) is 0 Å². The molecule has 0 spiro atoms. The number of halogens is 2. The minimum Gasteiger partial charge on any atom is -0.478 e. The number of hydrogen-bond donors (Lipinski definition) is 1. The van der Waals surface area contributed by atoms with Crippen LogP contribution in [-0.2, 0) is 0 Å². The third kappa shape index (κ3) is 3.72. The topological polar surface area (TPSA) is 93.3 Å². The summed E-state index contributed by atoms with van der Waals surface area (Å²) >= 11 is 9.82. The Morgan fingerprint density at radius 1 is 1.43 bits per heavy atom. The zero-order valence-electron chi connectivity index (χ0n) is 10.1. The molecule has 0 aliphatic carbocycles. The van der Waals surface area contributed by atoms with Gasteiger partial charge in [0.05, 0.1) is 15.5 Å². The lowest BCUT2D eigenvalue weighted by Gasteiger charge is -2.05. The lowest BCUT2D eigenvalue weighted by molar-refractivity contribution is -0.388. The lowest BCUT2D eigenvalue weighted by atomic mass is 10.2. The molecule has 6 nitrogen and oxygen atoms in total. The largest absolute Gasteiger partial charge is 0.478 e. The first-order valence-electron chi connectivity index (χ1n) is 5.39. The van der Waals surface area contributed by atoms with Crippen molar-refractivity contribution in [1.29, 1.82) is 0 Å². The van der Waals surface area contributed by atoms with Gasteiger partial charge in [-0.1, -0.05) is 23.4 Å². The molecule has 2 aromatic rings. The molecule has 0 amide bonds. The molecule has 108 valence electrons. The molecule has 9 heteroatoms. The Kier molecular flexibility index (Phi) is 4.81. The van der Waals surface area contributed by atoms with E-state index in [4.69, 9.17) is 16.7 Å². The van der Waals surface area contributed by atoms with Gasteiger partial charge in [0.25, 0.3) is 0 Å². The molecule has 0 bridgehead atoms. The molecule has 0 radical (unpaired) electrons. The summed E-state index contributed by atoms with van der Waals surface area (Å²) in [6, 6.07) is 5.82. The number of carboxylic acids is 1. The zero-order chi connectivity index (χ0) is 15.6. The summed E-state index contributed by atoms with van der Waals surface area (Å²) in [5, 5.41) is 20.3. The molecule has 0 saturated heterocycles. The standard InChI is InChI=1S/C12H6BrClN2O4S/c13-9-2-1-7(4-8(9)12(17)18)21-11-10(16(19)20)3-6(14)5-15-11/h1-5H,(H,17,18). The third-order valence-electron chi connectivity index (χ3n) is 2.38. The molecule has 0 atom stereocenters. The number of carbonyl (C=O) groups is 1. The normalized spacial score (nSPS) is 10.4. The molecular formula is C12H6BrClN2O4S. The third-order valence-corrected chi connectivity index (χ3v) is 4.27. The highest BCUT2D eigenvalue weighted by Gasteiger charge is 2.18. The van der Waals surface area contributed by atoms with Crippen molar-refractivity contribution in [2.45, 2.75) is 9.92 Å². The molecule has 0 saturated carbocycles. The monoisotopic (exact) mass is 388 g/mol. The number of benzene rings is 1. The highest BCUT2D eigenvalue weighted by atomic mass is 79.9. The second-order valence-electron chi connectivity index (χ2n) is 3.78. The van der Waals surface area contributed by atoms with Gasteiger partial charge < -0.3 is 5.11 Å². The Labute approximate surface area is 136 Å². The van der Waals surface area contributed by atoms with Gasteiger partial charge in [-0.05, 0) is 34.1 Å². The zero-order valence-corrected chi connectivity index (χ0v) is 13.3. The van der Waals surface area contributed by atoms with E-state index in [1.165, 1.54) is 18.3 Å². The van der Waals surface area contributed by atoms with Crippen molar-refractivity contribution in [3.8, 4) is 0 Å². The van der Waals surface area contributed by atoms with Crippen LogP contribution in [0.15, 0.2) is 44.9 Å². The van der Waals surface area contributed by atoms with Crippen LogP contribution in [0, 0.1) is 10.1 Å². The van der Waals surface area contributed by atoms with Crippen molar-refractivity contribution in [3.05, 3.63) is 55.6 Å². The van der Waals surface area contributed by atoms with Crippen molar-refractivity contribution < 1.29 is 14.8 Å². The number of carboxylic acid groups (broad SMARTS) is 1. The van der Waals surface area contributed by atoms with Crippen molar-refractivity contribution in [3.63, 3.8) is 0 Å². The van der Waals surface area contributed by atoms with Crippen LogP contribution in [0.3, 0.4) is 0 Å². The van der Waals surface area contributed by atoms with Gasteiger partial charge in [0, 0.05) is 21.6 Å². The van der Waals surface area contributed by atoms with Crippen LogP contribution < -0.4 is 0 Å². The highest BCUT2D eigenvalue weighted by Crippen LogP contribution is 2.35.